The van der Waals surface area contributed by atoms with Gasteiger partial charge in [0.25, 0.3) is 0 Å². The maximum Gasteiger partial charge on any atom is 0.321 e. The first-order valence-corrected chi connectivity index (χ1v) is 7.60. The Kier molecular flexibility index (Phi) is 5.72. The van der Waals surface area contributed by atoms with Crippen LogP contribution in [0.1, 0.15) is 16.7 Å². The molecule has 0 saturated heterocycles. The number of carbonyl (C=O) groups is 1. The molecule has 0 aliphatic heterocycles. The first-order valence-electron chi connectivity index (χ1n) is 6.78. The predicted octanol–water partition coefficient (Wildman–Crippen LogP) is 1.72. The van der Waals surface area contributed by atoms with Gasteiger partial charge in [-0.15, -0.1) is 10.2 Å². The van der Waals surface area contributed by atoms with Gasteiger partial charge in [0.15, 0.2) is 0 Å². The average molecular weight is 338 g/mol. The molecule has 0 unspecified atom stereocenters. The SMILES string of the molecule is COc1ccc(OC)c([C@H](O)CNC(=O)Nc2nnc(C)s2)c1. The van der Waals surface area contributed by atoms with Gasteiger partial charge in [0, 0.05) is 12.1 Å². The molecule has 0 aliphatic carbocycles. The number of aliphatic hydroxyl groups is 1. The molecule has 0 fully saturated rings. The fourth-order valence-corrected chi connectivity index (χ4v) is 2.47. The van der Waals surface area contributed by atoms with E-state index in [-0.39, 0.29) is 6.54 Å². The molecule has 0 aliphatic rings. The topological polar surface area (TPSA) is 106 Å². The number of hydrogen-bond acceptors (Lipinski definition) is 7. The van der Waals surface area contributed by atoms with Crippen molar-refractivity contribution in [2.75, 3.05) is 26.1 Å². The molecule has 124 valence electrons. The van der Waals surface area contributed by atoms with E-state index in [9.17, 15) is 9.90 Å². The fourth-order valence-electron chi connectivity index (χ4n) is 1.89. The zero-order valence-electron chi connectivity index (χ0n) is 13.0. The number of benzene rings is 1. The Hall–Kier alpha value is -2.39. The first-order chi connectivity index (χ1) is 11.0. The number of carbonyl (C=O) groups excluding carboxylic acids is 1. The van der Waals surface area contributed by atoms with Gasteiger partial charge in [0.2, 0.25) is 5.13 Å². The highest BCUT2D eigenvalue weighted by Gasteiger charge is 2.16. The summed E-state index contributed by atoms with van der Waals surface area (Å²) in [5.41, 5.74) is 0.527. The highest BCUT2D eigenvalue weighted by atomic mass is 32.1. The monoisotopic (exact) mass is 338 g/mol. The van der Waals surface area contributed by atoms with Crippen LogP contribution in [0.2, 0.25) is 0 Å². The number of amides is 2. The maximum atomic E-state index is 11.8. The lowest BCUT2D eigenvalue weighted by molar-refractivity contribution is 0.170. The summed E-state index contributed by atoms with van der Waals surface area (Å²) in [7, 11) is 3.05. The summed E-state index contributed by atoms with van der Waals surface area (Å²) in [4.78, 5) is 11.8. The Morgan fingerprint density at radius 3 is 2.74 bits per heavy atom. The van der Waals surface area contributed by atoms with Gasteiger partial charge < -0.3 is 19.9 Å². The van der Waals surface area contributed by atoms with E-state index < -0.39 is 12.1 Å². The van der Waals surface area contributed by atoms with E-state index in [2.05, 4.69) is 20.8 Å². The minimum atomic E-state index is -0.943. The van der Waals surface area contributed by atoms with Crippen molar-refractivity contribution >= 4 is 22.5 Å². The van der Waals surface area contributed by atoms with Crippen LogP contribution in [0, 0.1) is 6.92 Å². The van der Waals surface area contributed by atoms with Crippen LogP contribution in [0.5, 0.6) is 11.5 Å². The molecular formula is C14H18N4O4S. The second-order valence-electron chi connectivity index (χ2n) is 4.58. The smallest absolute Gasteiger partial charge is 0.321 e. The van der Waals surface area contributed by atoms with Crippen molar-refractivity contribution in [2.45, 2.75) is 13.0 Å². The van der Waals surface area contributed by atoms with E-state index >= 15 is 0 Å². The van der Waals surface area contributed by atoms with E-state index in [1.165, 1.54) is 25.6 Å². The number of anilines is 1. The van der Waals surface area contributed by atoms with E-state index in [4.69, 9.17) is 9.47 Å². The molecule has 9 heteroatoms. The number of nitrogens with zero attached hydrogens (tertiary/aromatic N) is 2. The van der Waals surface area contributed by atoms with Crippen molar-refractivity contribution in [3.63, 3.8) is 0 Å². The fraction of sp³-hybridized carbons (Fsp3) is 0.357. The molecule has 1 aromatic heterocycles. The minimum Gasteiger partial charge on any atom is -0.497 e. The van der Waals surface area contributed by atoms with Crippen molar-refractivity contribution in [3.8, 4) is 11.5 Å². The van der Waals surface area contributed by atoms with Crippen molar-refractivity contribution in [3.05, 3.63) is 28.8 Å². The third kappa shape index (κ3) is 4.54. The maximum absolute atomic E-state index is 11.8. The molecule has 2 amide bonds. The largest absolute Gasteiger partial charge is 0.497 e. The normalized spacial score (nSPS) is 11.7. The number of rotatable bonds is 6. The van der Waals surface area contributed by atoms with Gasteiger partial charge in [-0.25, -0.2) is 4.79 Å². The molecule has 1 aromatic carbocycles. The molecule has 1 heterocycles. The van der Waals surface area contributed by atoms with Crippen molar-refractivity contribution in [1.29, 1.82) is 0 Å². The number of hydrogen-bond donors (Lipinski definition) is 3. The Morgan fingerprint density at radius 1 is 1.35 bits per heavy atom. The summed E-state index contributed by atoms with van der Waals surface area (Å²) < 4.78 is 10.3. The van der Waals surface area contributed by atoms with Crippen molar-refractivity contribution in [1.82, 2.24) is 15.5 Å². The predicted molar refractivity (Wildman–Crippen MR) is 86.2 cm³/mol. The summed E-state index contributed by atoms with van der Waals surface area (Å²) in [6.45, 7) is 1.80. The van der Waals surface area contributed by atoms with E-state index in [0.29, 0.717) is 22.2 Å². The highest BCUT2D eigenvalue weighted by molar-refractivity contribution is 7.15. The molecule has 23 heavy (non-hydrogen) atoms. The van der Waals surface area contributed by atoms with Crippen LogP contribution in [0.15, 0.2) is 18.2 Å². The zero-order valence-corrected chi connectivity index (χ0v) is 13.8. The Morgan fingerprint density at radius 2 is 2.13 bits per heavy atom. The number of methoxy groups -OCH3 is 2. The number of aliphatic hydroxyl groups excluding tert-OH is 1. The molecule has 2 rings (SSSR count). The summed E-state index contributed by atoms with van der Waals surface area (Å²) in [5.74, 6) is 1.11. The van der Waals surface area contributed by atoms with Gasteiger partial charge in [0.05, 0.1) is 14.2 Å². The van der Waals surface area contributed by atoms with Gasteiger partial charge in [-0.1, -0.05) is 11.3 Å². The molecule has 0 bridgehead atoms. The number of ether oxygens (including phenoxy) is 2. The van der Waals surface area contributed by atoms with Crippen LogP contribution < -0.4 is 20.1 Å². The lowest BCUT2D eigenvalue weighted by Crippen LogP contribution is -2.32. The van der Waals surface area contributed by atoms with Gasteiger partial charge in [-0.3, -0.25) is 5.32 Å². The van der Waals surface area contributed by atoms with Crippen LogP contribution in [0.3, 0.4) is 0 Å². The zero-order chi connectivity index (χ0) is 16.8. The van der Waals surface area contributed by atoms with Crippen molar-refractivity contribution in [2.24, 2.45) is 0 Å². The van der Waals surface area contributed by atoms with Gasteiger partial charge in [-0.2, -0.15) is 0 Å². The number of urea groups is 1. The second-order valence-corrected chi connectivity index (χ2v) is 5.77. The second kappa shape index (κ2) is 7.75. The highest BCUT2D eigenvalue weighted by Crippen LogP contribution is 2.29. The lowest BCUT2D eigenvalue weighted by Gasteiger charge is -2.16. The summed E-state index contributed by atoms with van der Waals surface area (Å²) in [5, 5.41) is 24.1. The quantitative estimate of drug-likeness (QED) is 0.740. The molecular weight excluding hydrogens is 320 g/mol. The van der Waals surface area contributed by atoms with Gasteiger partial charge >= 0.3 is 6.03 Å². The standard InChI is InChI=1S/C14H18N4O4S/c1-8-17-18-14(23-8)16-13(20)15-7-11(19)10-6-9(21-2)4-5-12(10)22-3/h4-6,11,19H,7H2,1-3H3,(H2,15,16,18,20)/t11-/m1/s1. The van der Waals surface area contributed by atoms with E-state index in [0.717, 1.165) is 5.01 Å². The molecule has 2 aromatic rings. The summed E-state index contributed by atoms with van der Waals surface area (Å²) in [6, 6.07) is 4.62. The molecule has 0 saturated carbocycles. The molecule has 8 nitrogen and oxygen atoms in total. The number of aryl methyl sites for hydroxylation is 1. The van der Waals surface area contributed by atoms with Crippen molar-refractivity contribution < 1.29 is 19.4 Å². The Balaban J connectivity index is 1.96. The van der Waals surface area contributed by atoms with Crippen LogP contribution in [-0.4, -0.2) is 42.1 Å². The van der Waals surface area contributed by atoms with Crippen LogP contribution in [-0.2, 0) is 0 Å². The van der Waals surface area contributed by atoms with Crippen LogP contribution in [0.25, 0.3) is 0 Å². The minimum absolute atomic E-state index is 0.00709. The van der Waals surface area contributed by atoms with Gasteiger partial charge in [0.1, 0.15) is 22.6 Å². The lowest BCUT2D eigenvalue weighted by atomic mass is 10.1. The molecule has 3 N–H and O–H groups in total. The first kappa shape index (κ1) is 17.0. The van der Waals surface area contributed by atoms with Crippen LogP contribution >= 0.6 is 11.3 Å². The molecule has 1 atom stereocenters. The van der Waals surface area contributed by atoms with E-state index in [1.54, 1.807) is 25.1 Å². The van der Waals surface area contributed by atoms with Gasteiger partial charge in [-0.05, 0) is 25.1 Å². The third-order valence-electron chi connectivity index (χ3n) is 3.00. The average Bonchev–Trinajstić information content (AvgIpc) is 2.96. The molecule has 0 radical (unpaired) electrons. The summed E-state index contributed by atoms with van der Waals surface area (Å²) in [6.07, 6.45) is -0.943. The summed E-state index contributed by atoms with van der Waals surface area (Å²) >= 11 is 1.26. The Labute approximate surface area is 137 Å². The Bertz CT molecular complexity index is 677. The van der Waals surface area contributed by atoms with E-state index in [1.807, 2.05) is 0 Å². The number of nitrogens with one attached hydrogen (secondary N) is 2. The third-order valence-corrected chi connectivity index (χ3v) is 3.75. The molecule has 0 spiro atoms. The number of aromatic nitrogens is 2. The van der Waals surface area contributed by atoms with Crippen LogP contribution in [0.4, 0.5) is 9.93 Å².